The Bertz CT molecular complexity index is 900. The van der Waals surface area contributed by atoms with Gasteiger partial charge in [0.25, 0.3) is 0 Å². The fourth-order valence-electron chi connectivity index (χ4n) is 2.65. The summed E-state index contributed by atoms with van der Waals surface area (Å²) >= 11 is 3.06. The molecule has 1 aromatic heterocycles. The molecular formula is C22H25N3OS2. The molecule has 0 atom stereocenters. The number of carbonyl (C=O) groups is 1. The van der Waals surface area contributed by atoms with E-state index in [2.05, 4.69) is 60.6 Å². The molecular weight excluding hydrogens is 386 g/mol. The first-order valence-electron chi connectivity index (χ1n) is 9.30. The maximum absolute atomic E-state index is 12.1. The molecule has 0 aliphatic carbocycles. The van der Waals surface area contributed by atoms with Crippen molar-refractivity contribution in [2.75, 3.05) is 5.32 Å². The second-order valence-electron chi connectivity index (χ2n) is 7.64. The number of nitrogens with one attached hydrogen (secondary N) is 1. The quantitative estimate of drug-likeness (QED) is 0.400. The van der Waals surface area contributed by atoms with Gasteiger partial charge < -0.3 is 5.32 Å². The summed E-state index contributed by atoms with van der Waals surface area (Å²) in [6, 6.07) is 18.7. The highest BCUT2D eigenvalue weighted by Crippen LogP contribution is 2.29. The average molecular weight is 412 g/mol. The molecule has 3 rings (SSSR count). The molecule has 0 saturated carbocycles. The molecule has 0 unspecified atom stereocenters. The van der Waals surface area contributed by atoms with Crippen LogP contribution in [-0.4, -0.2) is 16.1 Å². The number of hydrogen-bond acceptors (Lipinski definition) is 5. The SMILES string of the molecule is CC(C)(C)c1ccc(CSc2nnc(NC(=O)CCc3ccccc3)s2)cc1. The zero-order chi connectivity index (χ0) is 20.0. The van der Waals surface area contributed by atoms with Crippen molar-refractivity contribution in [2.24, 2.45) is 0 Å². The van der Waals surface area contributed by atoms with Crippen LogP contribution in [0.2, 0.25) is 0 Å². The summed E-state index contributed by atoms with van der Waals surface area (Å²) in [4.78, 5) is 12.1. The topological polar surface area (TPSA) is 54.9 Å². The summed E-state index contributed by atoms with van der Waals surface area (Å²) in [6.07, 6.45) is 1.16. The smallest absolute Gasteiger partial charge is 0.226 e. The number of hydrogen-bond donors (Lipinski definition) is 1. The van der Waals surface area contributed by atoms with Gasteiger partial charge in [0, 0.05) is 12.2 Å². The van der Waals surface area contributed by atoms with Crippen LogP contribution in [0.4, 0.5) is 5.13 Å². The number of rotatable bonds is 7. The first-order chi connectivity index (χ1) is 13.4. The van der Waals surface area contributed by atoms with Gasteiger partial charge in [-0.25, -0.2) is 0 Å². The highest BCUT2D eigenvalue weighted by atomic mass is 32.2. The van der Waals surface area contributed by atoms with E-state index in [0.29, 0.717) is 11.6 Å². The Balaban J connectivity index is 1.46. The van der Waals surface area contributed by atoms with Gasteiger partial charge in [0.1, 0.15) is 0 Å². The van der Waals surface area contributed by atoms with Crippen LogP contribution in [0.15, 0.2) is 58.9 Å². The number of anilines is 1. The number of amides is 1. The molecule has 6 heteroatoms. The van der Waals surface area contributed by atoms with E-state index in [1.807, 2.05) is 30.3 Å². The van der Waals surface area contributed by atoms with Gasteiger partial charge in [0.2, 0.25) is 11.0 Å². The first kappa shape index (κ1) is 20.6. The van der Waals surface area contributed by atoms with Gasteiger partial charge in [-0.15, -0.1) is 10.2 Å². The zero-order valence-electron chi connectivity index (χ0n) is 16.4. The van der Waals surface area contributed by atoms with Crippen molar-refractivity contribution in [3.63, 3.8) is 0 Å². The second-order valence-corrected chi connectivity index (χ2v) is 9.84. The molecule has 3 aromatic rings. The summed E-state index contributed by atoms with van der Waals surface area (Å²) in [5, 5.41) is 11.7. The Morgan fingerprint density at radius 3 is 2.39 bits per heavy atom. The van der Waals surface area contributed by atoms with Crippen LogP contribution in [0.1, 0.15) is 43.9 Å². The molecule has 2 aromatic carbocycles. The Hall–Kier alpha value is -2.18. The predicted molar refractivity (Wildman–Crippen MR) is 118 cm³/mol. The summed E-state index contributed by atoms with van der Waals surface area (Å²) in [6.45, 7) is 6.65. The fraction of sp³-hybridized carbons (Fsp3) is 0.318. The highest BCUT2D eigenvalue weighted by molar-refractivity contribution is 8.00. The summed E-state index contributed by atoms with van der Waals surface area (Å²) in [5.41, 5.74) is 3.90. The number of aryl methyl sites for hydroxylation is 1. The molecule has 28 heavy (non-hydrogen) atoms. The Labute approximate surface area is 174 Å². The second kappa shape index (κ2) is 9.34. The Morgan fingerprint density at radius 2 is 1.71 bits per heavy atom. The fourth-order valence-corrected chi connectivity index (χ4v) is 4.37. The monoisotopic (exact) mass is 411 g/mol. The first-order valence-corrected chi connectivity index (χ1v) is 11.1. The average Bonchev–Trinajstić information content (AvgIpc) is 3.12. The van der Waals surface area contributed by atoms with Crippen LogP contribution in [0, 0.1) is 0 Å². The van der Waals surface area contributed by atoms with E-state index in [1.165, 1.54) is 22.5 Å². The molecule has 0 fully saturated rings. The van der Waals surface area contributed by atoms with Crippen LogP contribution in [0.3, 0.4) is 0 Å². The van der Waals surface area contributed by atoms with E-state index in [-0.39, 0.29) is 11.3 Å². The molecule has 146 valence electrons. The predicted octanol–water partition coefficient (Wildman–Crippen LogP) is 5.70. The summed E-state index contributed by atoms with van der Waals surface area (Å²) in [7, 11) is 0. The van der Waals surface area contributed by atoms with Gasteiger partial charge in [-0.2, -0.15) is 0 Å². The molecule has 1 heterocycles. The summed E-state index contributed by atoms with van der Waals surface area (Å²) in [5.74, 6) is 0.801. The van der Waals surface area contributed by atoms with Crippen molar-refractivity contribution in [1.82, 2.24) is 10.2 Å². The van der Waals surface area contributed by atoms with Gasteiger partial charge >= 0.3 is 0 Å². The van der Waals surface area contributed by atoms with Crippen molar-refractivity contribution in [1.29, 1.82) is 0 Å². The van der Waals surface area contributed by atoms with Crippen molar-refractivity contribution in [2.45, 2.75) is 49.1 Å². The molecule has 0 spiro atoms. The molecule has 0 radical (unpaired) electrons. The van der Waals surface area contributed by atoms with Gasteiger partial charge in [0.05, 0.1) is 0 Å². The number of carbonyl (C=O) groups excluding carboxylic acids is 1. The third-order valence-electron chi connectivity index (χ3n) is 4.32. The van der Waals surface area contributed by atoms with E-state index < -0.39 is 0 Å². The lowest BCUT2D eigenvalue weighted by Crippen LogP contribution is -2.12. The zero-order valence-corrected chi connectivity index (χ0v) is 18.1. The normalized spacial score (nSPS) is 11.4. The van der Waals surface area contributed by atoms with E-state index in [4.69, 9.17) is 0 Å². The molecule has 1 N–H and O–H groups in total. The van der Waals surface area contributed by atoms with Crippen LogP contribution in [0.5, 0.6) is 0 Å². The standard InChI is InChI=1S/C22H25N3OS2/c1-22(2,3)18-12-9-17(10-13-18)15-27-21-25-24-20(28-21)23-19(26)14-11-16-7-5-4-6-8-16/h4-10,12-13H,11,14-15H2,1-3H3,(H,23,24,26). The van der Waals surface area contributed by atoms with Crippen molar-refractivity contribution in [3.8, 4) is 0 Å². The number of benzene rings is 2. The van der Waals surface area contributed by atoms with Crippen molar-refractivity contribution < 1.29 is 4.79 Å². The van der Waals surface area contributed by atoms with Gasteiger partial charge in [-0.3, -0.25) is 4.79 Å². The molecule has 0 saturated heterocycles. The third-order valence-corrected chi connectivity index (χ3v) is 6.36. The summed E-state index contributed by atoms with van der Waals surface area (Å²) < 4.78 is 0.859. The lowest BCUT2D eigenvalue weighted by Gasteiger charge is -2.19. The minimum absolute atomic E-state index is 0.0330. The van der Waals surface area contributed by atoms with Crippen LogP contribution >= 0.6 is 23.1 Å². The maximum atomic E-state index is 12.1. The van der Waals surface area contributed by atoms with Gasteiger partial charge in [-0.1, -0.05) is 98.5 Å². The van der Waals surface area contributed by atoms with Gasteiger partial charge in [-0.05, 0) is 28.5 Å². The largest absolute Gasteiger partial charge is 0.300 e. The molecule has 1 amide bonds. The van der Waals surface area contributed by atoms with E-state index >= 15 is 0 Å². The lowest BCUT2D eigenvalue weighted by molar-refractivity contribution is -0.116. The number of nitrogens with zero attached hydrogens (tertiary/aromatic N) is 2. The Kier molecular flexibility index (Phi) is 6.86. The van der Waals surface area contributed by atoms with Crippen molar-refractivity contribution in [3.05, 3.63) is 71.3 Å². The number of aromatic nitrogens is 2. The highest BCUT2D eigenvalue weighted by Gasteiger charge is 2.13. The van der Waals surface area contributed by atoms with E-state index in [1.54, 1.807) is 11.8 Å². The minimum atomic E-state index is -0.0330. The van der Waals surface area contributed by atoms with Gasteiger partial charge in [0.15, 0.2) is 4.34 Å². The van der Waals surface area contributed by atoms with Crippen LogP contribution in [0.25, 0.3) is 0 Å². The van der Waals surface area contributed by atoms with Crippen LogP contribution in [-0.2, 0) is 22.4 Å². The molecule has 4 nitrogen and oxygen atoms in total. The van der Waals surface area contributed by atoms with Crippen molar-refractivity contribution >= 4 is 34.1 Å². The van der Waals surface area contributed by atoms with Crippen LogP contribution < -0.4 is 5.32 Å². The minimum Gasteiger partial charge on any atom is -0.300 e. The molecule has 0 aliphatic rings. The Morgan fingerprint density at radius 1 is 1.00 bits per heavy atom. The van der Waals surface area contributed by atoms with E-state index in [9.17, 15) is 4.79 Å². The number of thioether (sulfide) groups is 1. The maximum Gasteiger partial charge on any atom is 0.226 e. The molecule has 0 bridgehead atoms. The lowest BCUT2D eigenvalue weighted by atomic mass is 9.87. The molecule has 0 aliphatic heterocycles. The van der Waals surface area contributed by atoms with E-state index in [0.717, 1.165) is 22.1 Å². The third kappa shape index (κ3) is 6.17.